The lowest BCUT2D eigenvalue weighted by molar-refractivity contribution is 0.122. The van der Waals surface area contributed by atoms with Crippen molar-refractivity contribution in [3.63, 3.8) is 0 Å². The van der Waals surface area contributed by atoms with Gasteiger partial charge in [-0.3, -0.25) is 0 Å². The molecule has 0 radical (unpaired) electrons. The lowest BCUT2D eigenvalue weighted by atomic mass is 10.2. The van der Waals surface area contributed by atoms with Crippen molar-refractivity contribution in [2.75, 3.05) is 25.5 Å². The van der Waals surface area contributed by atoms with Crippen LogP contribution in [0.15, 0.2) is 0 Å². The Kier molecular flexibility index (Phi) is 3.49. The lowest BCUT2D eigenvalue weighted by Gasteiger charge is -2.17. The monoisotopic (exact) mass is 203 g/mol. The molecule has 4 heteroatoms. The Morgan fingerprint density at radius 1 is 1.46 bits per heavy atom. The molecule has 2 rings (SSSR count). The van der Waals surface area contributed by atoms with Crippen LogP contribution in [0.25, 0.3) is 0 Å². The molecular weight excluding hydrogens is 186 g/mol. The van der Waals surface area contributed by atoms with Gasteiger partial charge in [0, 0.05) is 11.8 Å². The van der Waals surface area contributed by atoms with E-state index in [4.69, 9.17) is 4.74 Å². The fourth-order valence-corrected chi connectivity index (χ4v) is 3.04. The van der Waals surface area contributed by atoms with E-state index >= 15 is 0 Å². The van der Waals surface area contributed by atoms with Gasteiger partial charge < -0.3 is 15.2 Å². The number of hydrogen-bond donors (Lipinski definition) is 2. The van der Waals surface area contributed by atoms with E-state index in [0.717, 1.165) is 11.8 Å². The minimum atomic E-state index is -0.300. The summed E-state index contributed by atoms with van der Waals surface area (Å²) in [6.45, 7) is 2.18. The van der Waals surface area contributed by atoms with Crippen LogP contribution in [0.2, 0.25) is 0 Å². The summed E-state index contributed by atoms with van der Waals surface area (Å²) >= 11 is 2.04. The van der Waals surface area contributed by atoms with Crippen molar-refractivity contribution in [2.45, 2.75) is 30.2 Å². The molecule has 0 amide bonds. The minimum absolute atomic E-state index is 0.168. The third-order valence-corrected chi connectivity index (χ3v) is 4.08. The highest BCUT2D eigenvalue weighted by Gasteiger charge is 2.26. The van der Waals surface area contributed by atoms with Gasteiger partial charge in [0.1, 0.15) is 0 Å². The predicted octanol–water partition coefficient (Wildman–Crippen LogP) is 0.231. The highest BCUT2D eigenvalue weighted by atomic mass is 32.2. The number of nitrogens with one attached hydrogen (secondary N) is 1. The van der Waals surface area contributed by atoms with Crippen molar-refractivity contribution in [3.05, 3.63) is 0 Å². The zero-order valence-electron chi connectivity index (χ0n) is 7.74. The van der Waals surface area contributed by atoms with Crippen LogP contribution in [-0.4, -0.2) is 48.0 Å². The topological polar surface area (TPSA) is 41.5 Å². The van der Waals surface area contributed by atoms with Crippen molar-refractivity contribution in [1.29, 1.82) is 0 Å². The summed E-state index contributed by atoms with van der Waals surface area (Å²) in [6.07, 6.45) is 2.37. The van der Waals surface area contributed by atoms with E-state index in [9.17, 15) is 5.11 Å². The number of hydrogen-bond acceptors (Lipinski definition) is 4. The minimum Gasteiger partial charge on any atom is -0.389 e. The van der Waals surface area contributed by atoms with Gasteiger partial charge in [-0.2, -0.15) is 11.8 Å². The highest BCUT2D eigenvalue weighted by Crippen LogP contribution is 2.25. The molecule has 2 heterocycles. The second kappa shape index (κ2) is 4.64. The first-order valence-electron chi connectivity index (χ1n) is 4.97. The fourth-order valence-electron chi connectivity index (χ4n) is 1.83. The van der Waals surface area contributed by atoms with Crippen LogP contribution in [0.3, 0.4) is 0 Å². The lowest BCUT2D eigenvalue weighted by Crippen LogP contribution is -2.41. The van der Waals surface area contributed by atoms with Crippen LogP contribution in [0.5, 0.6) is 0 Å². The smallest absolute Gasteiger partial charge is 0.0948 e. The molecular formula is C9H17NO2S. The molecule has 2 saturated heterocycles. The molecule has 2 N–H and O–H groups in total. The fraction of sp³-hybridized carbons (Fsp3) is 1.00. The van der Waals surface area contributed by atoms with Gasteiger partial charge >= 0.3 is 0 Å². The normalized spacial score (nSPS) is 39.9. The first-order chi connectivity index (χ1) is 6.36. The molecule has 0 saturated carbocycles. The molecule has 0 aromatic heterocycles. The first-order valence-corrected chi connectivity index (χ1v) is 6.02. The van der Waals surface area contributed by atoms with Gasteiger partial charge in [-0.1, -0.05) is 0 Å². The van der Waals surface area contributed by atoms with E-state index in [2.05, 4.69) is 5.32 Å². The van der Waals surface area contributed by atoms with Gasteiger partial charge in [-0.15, -0.1) is 0 Å². The molecule has 0 spiro atoms. The molecule has 13 heavy (non-hydrogen) atoms. The Bertz CT molecular complexity index is 162. The van der Waals surface area contributed by atoms with E-state index in [-0.39, 0.29) is 12.1 Å². The molecule has 2 fully saturated rings. The maximum absolute atomic E-state index is 9.47. The van der Waals surface area contributed by atoms with Crippen molar-refractivity contribution in [3.8, 4) is 0 Å². The van der Waals surface area contributed by atoms with E-state index in [1.54, 1.807) is 0 Å². The van der Waals surface area contributed by atoms with Crippen LogP contribution in [-0.2, 0) is 4.74 Å². The zero-order valence-corrected chi connectivity index (χ0v) is 8.55. The number of thioether (sulfide) groups is 1. The summed E-state index contributed by atoms with van der Waals surface area (Å²) in [5.74, 6) is 1.30. The summed E-state index contributed by atoms with van der Waals surface area (Å²) in [5, 5.41) is 13.6. The van der Waals surface area contributed by atoms with Crippen LogP contribution in [0.4, 0.5) is 0 Å². The third-order valence-electron chi connectivity index (χ3n) is 2.68. The second-order valence-electron chi connectivity index (χ2n) is 3.75. The molecule has 3 nitrogen and oxygen atoms in total. The molecule has 0 aliphatic carbocycles. The largest absolute Gasteiger partial charge is 0.389 e. The quantitative estimate of drug-likeness (QED) is 0.689. The average Bonchev–Trinajstić information content (AvgIpc) is 2.72. The average molecular weight is 203 g/mol. The first kappa shape index (κ1) is 9.77. The van der Waals surface area contributed by atoms with Crippen molar-refractivity contribution >= 4 is 11.8 Å². The zero-order chi connectivity index (χ0) is 9.10. The van der Waals surface area contributed by atoms with Crippen LogP contribution in [0.1, 0.15) is 12.8 Å². The van der Waals surface area contributed by atoms with Crippen molar-refractivity contribution in [2.24, 2.45) is 0 Å². The van der Waals surface area contributed by atoms with Crippen LogP contribution in [0, 0.1) is 0 Å². The third kappa shape index (κ3) is 2.59. The van der Waals surface area contributed by atoms with Gasteiger partial charge in [0.2, 0.25) is 0 Å². The van der Waals surface area contributed by atoms with Gasteiger partial charge in [0.25, 0.3) is 0 Å². The number of ether oxygens (including phenoxy) is 1. The molecule has 0 aromatic rings. The Morgan fingerprint density at radius 3 is 3.00 bits per heavy atom. The number of aliphatic hydroxyl groups excluding tert-OH is 1. The molecule has 3 unspecified atom stereocenters. The summed E-state index contributed by atoms with van der Waals surface area (Å²) in [5.41, 5.74) is 0. The molecule has 0 bridgehead atoms. The molecule has 2 aliphatic heterocycles. The predicted molar refractivity (Wildman–Crippen MR) is 54.1 cm³/mol. The molecule has 0 aromatic carbocycles. The van der Waals surface area contributed by atoms with E-state index in [1.165, 1.54) is 18.6 Å². The summed E-state index contributed by atoms with van der Waals surface area (Å²) < 4.78 is 5.17. The van der Waals surface area contributed by atoms with Gasteiger partial charge in [-0.05, 0) is 18.6 Å². The Morgan fingerprint density at radius 2 is 2.38 bits per heavy atom. The van der Waals surface area contributed by atoms with Crippen LogP contribution >= 0.6 is 11.8 Å². The molecule has 76 valence electrons. The summed E-state index contributed by atoms with van der Waals surface area (Å²) in [6, 6.07) is 0.168. The van der Waals surface area contributed by atoms with E-state index < -0.39 is 0 Å². The van der Waals surface area contributed by atoms with Gasteiger partial charge in [0.15, 0.2) is 0 Å². The maximum Gasteiger partial charge on any atom is 0.0948 e. The van der Waals surface area contributed by atoms with Crippen LogP contribution < -0.4 is 5.32 Å². The molecule has 3 atom stereocenters. The molecule has 2 aliphatic rings. The summed E-state index contributed by atoms with van der Waals surface area (Å²) in [7, 11) is 0. The van der Waals surface area contributed by atoms with E-state index in [0.29, 0.717) is 13.2 Å². The highest BCUT2D eigenvalue weighted by molar-refractivity contribution is 8.00. The van der Waals surface area contributed by atoms with Crippen molar-refractivity contribution in [1.82, 2.24) is 5.32 Å². The van der Waals surface area contributed by atoms with Gasteiger partial charge in [0.05, 0.1) is 25.4 Å². The number of aliphatic hydroxyl groups is 1. The standard InChI is InChI=1S/C9H17NO2S/c11-9-6-12-5-8(9)10-4-7-2-1-3-13-7/h7-11H,1-6H2. The Labute approximate surface area is 83.2 Å². The van der Waals surface area contributed by atoms with Crippen molar-refractivity contribution < 1.29 is 9.84 Å². The maximum atomic E-state index is 9.47. The number of rotatable bonds is 3. The summed E-state index contributed by atoms with van der Waals surface area (Å²) in [4.78, 5) is 0. The van der Waals surface area contributed by atoms with E-state index in [1.807, 2.05) is 11.8 Å². The SMILES string of the molecule is OC1COCC1NCC1CCCS1. The second-order valence-corrected chi connectivity index (χ2v) is 5.16. The Balaban J connectivity index is 1.66. The Hall–Kier alpha value is 0.230. The van der Waals surface area contributed by atoms with Gasteiger partial charge in [-0.25, -0.2) is 0 Å².